The largest absolute Gasteiger partial charge is 0.416 e. The summed E-state index contributed by atoms with van der Waals surface area (Å²) in [4.78, 5) is 12.0. The van der Waals surface area contributed by atoms with E-state index in [2.05, 4.69) is 15.5 Å². The van der Waals surface area contributed by atoms with E-state index in [0.29, 0.717) is 23.5 Å². The minimum Gasteiger partial charge on any atom is -0.340 e. The molecule has 0 bridgehead atoms. The molecular weight excluding hydrogens is 307 g/mol. The Kier molecular flexibility index (Phi) is 3.66. The Bertz CT molecular complexity index is 749. The average Bonchev–Trinajstić information content (AvgIpc) is 3.00. The van der Waals surface area contributed by atoms with E-state index in [4.69, 9.17) is 0 Å². The van der Waals surface area contributed by atoms with Crippen LogP contribution in [0.4, 0.5) is 13.2 Å². The first kappa shape index (κ1) is 15.6. The first-order valence-electron chi connectivity index (χ1n) is 7.32. The Balaban J connectivity index is 2.04. The lowest BCUT2D eigenvalue weighted by Crippen LogP contribution is -2.22. The molecule has 3 rings (SSSR count). The predicted molar refractivity (Wildman–Crippen MR) is 77.9 cm³/mol. The molecule has 1 aromatic carbocycles. The standard InChI is InChI=1S/C16H16F3N3O/c1-8(2)6-11-12-13(20-15(23)14(12)22-21-11)9-4-3-5-10(7-9)16(17,18)19/h3-5,7-8,13H,6H2,1-2H3,(H,20,23)(H,21,22). The zero-order valence-electron chi connectivity index (χ0n) is 12.7. The van der Waals surface area contributed by atoms with Crippen LogP contribution in [-0.4, -0.2) is 16.1 Å². The molecule has 0 fully saturated rings. The third-order valence-electron chi connectivity index (χ3n) is 3.82. The van der Waals surface area contributed by atoms with Crippen molar-refractivity contribution < 1.29 is 18.0 Å². The van der Waals surface area contributed by atoms with Crippen molar-refractivity contribution in [1.29, 1.82) is 0 Å². The number of alkyl halides is 3. The van der Waals surface area contributed by atoms with Crippen LogP contribution in [-0.2, 0) is 12.6 Å². The lowest BCUT2D eigenvalue weighted by Gasteiger charge is -2.16. The number of carbonyl (C=O) groups excluding carboxylic acids is 1. The van der Waals surface area contributed by atoms with Gasteiger partial charge < -0.3 is 5.32 Å². The SMILES string of the molecule is CC(C)Cc1[nH]nc2c1C(c1cccc(C(F)(F)F)c1)NC2=O. The maximum Gasteiger partial charge on any atom is 0.416 e. The molecule has 122 valence electrons. The van der Waals surface area contributed by atoms with Crippen molar-refractivity contribution in [3.63, 3.8) is 0 Å². The monoisotopic (exact) mass is 323 g/mol. The van der Waals surface area contributed by atoms with Gasteiger partial charge in [0.1, 0.15) is 0 Å². The minimum absolute atomic E-state index is 0.267. The molecule has 1 aliphatic rings. The molecule has 0 saturated carbocycles. The molecule has 4 nitrogen and oxygen atoms in total. The Morgan fingerprint density at radius 1 is 1.30 bits per heavy atom. The number of nitrogens with one attached hydrogen (secondary N) is 2. The summed E-state index contributed by atoms with van der Waals surface area (Å²) in [6.45, 7) is 4.05. The highest BCUT2D eigenvalue weighted by Gasteiger charge is 2.37. The molecule has 0 radical (unpaired) electrons. The van der Waals surface area contributed by atoms with Gasteiger partial charge in [0.15, 0.2) is 5.69 Å². The Hall–Kier alpha value is -2.31. The number of halogens is 3. The number of amides is 1. The van der Waals surface area contributed by atoms with Gasteiger partial charge in [-0.2, -0.15) is 18.3 Å². The van der Waals surface area contributed by atoms with Gasteiger partial charge in [0.05, 0.1) is 11.6 Å². The summed E-state index contributed by atoms with van der Waals surface area (Å²) in [6, 6.07) is 4.43. The molecule has 2 aromatic rings. The van der Waals surface area contributed by atoms with Gasteiger partial charge in [-0.15, -0.1) is 0 Å². The van der Waals surface area contributed by atoms with E-state index in [1.807, 2.05) is 13.8 Å². The van der Waals surface area contributed by atoms with E-state index >= 15 is 0 Å². The molecule has 7 heteroatoms. The van der Waals surface area contributed by atoms with E-state index in [1.54, 1.807) is 6.07 Å². The second kappa shape index (κ2) is 5.40. The summed E-state index contributed by atoms with van der Waals surface area (Å²) >= 11 is 0. The summed E-state index contributed by atoms with van der Waals surface area (Å²) < 4.78 is 38.7. The first-order valence-corrected chi connectivity index (χ1v) is 7.32. The predicted octanol–water partition coefficient (Wildman–Crippen LogP) is 3.46. The van der Waals surface area contributed by atoms with Crippen LogP contribution in [0.5, 0.6) is 0 Å². The summed E-state index contributed by atoms with van der Waals surface area (Å²) in [5.74, 6) is -0.0360. The Morgan fingerprint density at radius 2 is 2.04 bits per heavy atom. The van der Waals surface area contributed by atoms with Crippen LogP contribution in [0.3, 0.4) is 0 Å². The van der Waals surface area contributed by atoms with Crippen molar-refractivity contribution in [3.05, 3.63) is 52.3 Å². The lowest BCUT2D eigenvalue weighted by molar-refractivity contribution is -0.137. The number of aromatic amines is 1. The van der Waals surface area contributed by atoms with E-state index in [9.17, 15) is 18.0 Å². The molecule has 2 N–H and O–H groups in total. The summed E-state index contributed by atoms with van der Waals surface area (Å²) in [6.07, 6.45) is -3.74. The van der Waals surface area contributed by atoms with Crippen molar-refractivity contribution in [2.45, 2.75) is 32.5 Å². The van der Waals surface area contributed by atoms with Gasteiger partial charge in [-0.1, -0.05) is 26.0 Å². The molecule has 0 saturated heterocycles. The van der Waals surface area contributed by atoms with Crippen LogP contribution in [0, 0.1) is 5.92 Å². The van der Waals surface area contributed by atoms with Gasteiger partial charge in [0.25, 0.3) is 5.91 Å². The summed E-state index contributed by atoms with van der Waals surface area (Å²) in [5, 5.41) is 9.59. The molecule has 0 aliphatic carbocycles. The highest BCUT2D eigenvalue weighted by atomic mass is 19.4. The first-order chi connectivity index (χ1) is 10.8. The summed E-state index contributed by atoms with van der Waals surface area (Å²) in [7, 11) is 0. The quantitative estimate of drug-likeness (QED) is 0.909. The second-order valence-electron chi connectivity index (χ2n) is 6.09. The highest BCUT2D eigenvalue weighted by Crippen LogP contribution is 2.36. The molecule has 2 heterocycles. The maximum atomic E-state index is 12.9. The number of rotatable bonds is 3. The third-order valence-corrected chi connectivity index (χ3v) is 3.82. The zero-order chi connectivity index (χ0) is 16.8. The van der Waals surface area contributed by atoms with Crippen LogP contribution in [0.25, 0.3) is 0 Å². The van der Waals surface area contributed by atoms with E-state index < -0.39 is 17.8 Å². The van der Waals surface area contributed by atoms with Crippen molar-refractivity contribution >= 4 is 5.91 Å². The fourth-order valence-corrected chi connectivity index (χ4v) is 2.85. The van der Waals surface area contributed by atoms with Crippen LogP contribution in [0.2, 0.25) is 0 Å². The Morgan fingerprint density at radius 3 is 2.70 bits per heavy atom. The highest BCUT2D eigenvalue weighted by molar-refractivity contribution is 5.98. The molecule has 0 spiro atoms. The third kappa shape index (κ3) is 2.83. The number of hydrogen-bond acceptors (Lipinski definition) is 2. The second-order valence-corrected chi connectivity index (χ2v) is 6.09. The maximum absolute atomic E-state index is 12.9. The average molecular weight is 323 g/mol. The zero-order valence-corrected chi connectivity index (χ0v) is 12.7. The van der Waals surface area contributed by atoms with Gasteiger partial charge >= 0.3 is 6.18 Å². The molecular formula is C16H16F3N3O. The van der Waals surface area contributed by atoms with Crippen molar-refractivity contribution in [2.24, 2.45) is 5.92 Å². The van der Waals surface area contributed by atoms with Crippen LogP contribution in [0.1, 0.15) is 52.8 Å². The molecule has 1 unspecified atom stereocenters. The fraction of sp³-hybridized carbons (Fsp3) is 0.375. The normalized spacial score (nSPS) is 17.5. The van der Waals surface area contributed by atoms with Crippen molar-refractivity contribution in [2.75, 3.05) is 0 Å². The van der Waals surface area contributed by atoms with Crippen molar-refractivity contribution in [3.8, 4) is 0 Å². The Labute approximate surface area is 131 Å². The lowest BCUT2D eigenvalue weighted by atomic mass is 9.95. The number of fused-ring (bicyclic) bond motifs is 1. The molecule has 1 amide bonds. The topological polar surface area (TPSA) is 57.8 Å². The smallest absolute Gasteiger partial charge is 0.340 e. The number of hydrogen-bond donors (Lipinski definition) is 2. The molecule has 1 aromatic heterocycles. The van der Waals surface area contributed by atoms with E-state index in [-0.39, 0.29) is 11.6 Å². The fourth-order valence-electron chi connectivity index (χ4n) is 2.85. The van der Waals surface area contributed by atoms with Gasteiger partial charge in [-0.25, -0.2) is 0 Å². The van der Waals surface area contributed by atoms with Gasteiger partial charge in [0, 0.05) is 11.3 Å². The van der Waals surface area contributed by atoms with Gasteiger partial charge in [-0.05, 0) is 30.0 Å². The van der Waals surface area contributed by atoms with E-state index in [0.717, 1.165) is 17.8 Å². The summed E-state index contributed by atoms with van der Waals surface area (Å²) in [5.41, 5.74) is 1.38. The molecule has 1 atom stereocenters. The van der Waals surface area contributed by atoms with Crippen LogP contribution in [0.15, 0.2) is 24.3 Å². The van der Waals surface area contributed by atoms with Gasteiger partial charge in [-0.3, -0.25) is 9.89 Å². The van der Waals surface area contributed by atoms with Gasteiger partial charge in [0.2, 0.25) is 0 Å². The van der Waals surface area contributed by atoms with Crippen LogP contribution >= 0.6 is 0 Å². The minimum atomic E-state index is -4.42. The molecule has 1 aliphatic heterocycles. The van der Waals surface area contributed by atoms with Crippen LogP contribution < -0.4 is 5.32 Å². The number of H-pyrrole nitrogens is 1. The van der Waals surface area contributed by atoms with E-state index in [1.165, 1.54) is 6.07 Å². The number of carbonyl (C=O) groups is 1. The number of benzene rings is 1. The molecule has 23 heavy (non-hydrogen) atoms. The van der Waals surface area contributed by atoms with Crippen molar-refractivity contribution in [1.82, 2.24) is 15.5 Å². The number of nitrogens with zero attached hydrogens (tertiary/aromatic N) is 1. The number of aromatic nitrogens is 2.